The Balaban J connectivity index is 1.73. The van der Waals surface area contributed by atoms with Crippen molar-refractivity contribution in [1.82, 2.24) is 0 Å². The molecule has 0 amide bonds. The SMILES string of the molecule is COc1ccc([C@@H]2[C@H]3C[C@H]4[C@H](OC(=O)[C@@H]42)[C@@H]3I)cc1. The number of hydrogen-bond donors (Lipinski definition) is 0. The lowest BCUT2D eigenvalue weighted by atomic mass is 9.76. The van der Waals surface area contributed by atoms with Gasteiger partial charge in [0.1, 0.15) is 11.9 Å². The van der Waals surface area contributed by atoms with Gasteiger partial charge in [0.05, 0.1) is 17.0 Å². The molecule has 2 saturated carbocycles. The van der Waals surface area contributed by atoms with Crippen LogP contribution in [0.3, 0.4) is 0 Å². The summed E-state index contributed by atoms with van der Waals surface area (Å²) in [6.07, 6.45) is 1.32. The van der Waals surface area contributed by atoms with E-state index in [1.807, 2.05) is 12.1 Å². The van der Waals surface area contributed by atoms with Crippen LogP contribution < -0.4 is 4.74 Å². The highest BCUT2D eigenvalue weighted by molar-refractivity contribution is 14.1. The van der Waals surface area contributed by atoms with Crippen molar-refractivity contribution < 1.29 is 14.3 Å². The van der Waals surface area contributed by atoms with Crippen LogP contribution in [0.25, 0.3) is 0 Å². The maximum Gasteiger partial charge on any atom is 0.310 e. The van der Waals surface area contributed by atoms with E-state index in [9.17, 15) is 4.79 Å². The Hall–Kier alpha value is -0.780. The van der Waals surface area contributed by atoms with E-state index >= 15 is 0 Å². The summed E-state index contributed by atoms with van der Waals surface area (Å²) in [6.45, 7) is 0. The van der Waals surface area contributed by atoms with Gasteiger partial charge in [-0.1, -0.05) is 34.7 Å². The van der Waals surface area contributed by atoms with Crippen LogP contribution in [-0.4, -0.2) is 23.1 Å². The van der Waals surface area contributed by atoms with Crippen LogP contribution in [0, 0.1) is 17.8 Å². The third kappa shape index (κ3) is 1.52. The molecule has 4 rings (SSSR count). The van der Waals surface area contributed by atoms with Gasteiger partial charge in [0.15, 0.2) is 0 Å². The van der Waals surface area contributed by atoms with Crippen molar-refractivity contribution in [2.75, 3.05) is 7.11 Å². The van der Waals surface area contributed by atoms with E-state index in [-0.39, 0.29) is 18.0 Å². The number of hydrogen-bond acceptors (Lipinski definition) is 3. The van der Waals surface area contributed by atoms with Crippen molar-refractivity contribution in [3.8, 4) is 5.75 Å². The van der Waals surface area contributed by atoms with Crippen LogP contribution in [0.15, 0.2) is 24.3 Å². The van der Waals surface area contributed by atoms with Crippen LogP contribution in [0.5, 0.6) is 5.75 Å². The van der Waals surface area contributed by atoms with E-state index in [0.717, 1.165) is 12.2 Å². The van der Waals surface area contributed by atoms with E-state index in [1.54, 1.807) is 7.11 Å². The second-order valence-corrected chi connectivity index (χ2v) is 7.17. The predicted molar refractivity (Wildman–Crippen MR) is 78.5 cm³/mol. The Bertz CT molecular complexity index is 527. The summed E-state index contributed by atoms with van der Waals surface area (Å²) in [4.78, 5) is 12.1. The molecule has 0 radical (unpaired) electrons. The molecule has 6 atom stereocenters. The topological polar surface area (TPSA) is 35.5 Å². The van der Waals surface area contributed by atoms with Crippen LogP contribution in [0.2, 0.25) is 0 Å². The van der Waals surface area contributed by atoms with E-state index in [0.29, 0.717) is 21.7 Å². The standard InChI is InChI=1S/C15H15IO3/c1-18-8-4-2-7(3-5-8)11-9-6-10-12(11)15(17)19-14(10)13(9)16/h2-5,9-14H,6H2,1H3/t9-,10-,11-,12+,13-,14+/m1/s1. The Morgan fingerprint density at radius 3 is 2.63 bits per heavy atom. The van der Waals surface area contributed by atoms with Gasteiger partial charge >= 0.3 is 5.97 Å². The molecule has 1 aromatic carbocycles. The minimum Gasteiger partial charge on any atom is -0.497 e. The summed E-state index contributed by atoms with van der Waals surface area (Å²) in [7, 11) is 1.67. The molecule has 1 saturated heterocycles. The summed E-state index contributed by atoms with van der Waals surface area (Å²) in [5, 5.41) is 0. The number of esters is 1. The molecule has 19 heavy (non-hydrogen) atoms. The van der Waals surface area contributed by atoms with Gasteiger partial charge in [-0.05, 0) is 30.0 Å². The lowest BCUT2D eigenvalue weighted by molar-refractivity contribution is -0.143. The molecule has 4 heteroatoms. The first-order chi connectivity index (χ1) is 9.20. The zero-order chi connectivity index (χ0) is 13.1. The average Bonchev–Trinajstić information content (AvgIpc) is 3.03. The number of methoxy groups -OCH3 is 1. The van der Waals surface area contributed by atoms with Crippen molar-refractivity contribution in [3.05, 3.63) is 29.8 Å². The highest BCUT2D eigenvalue weighted by Crippen LogP contribution is 2.63. The largest absolute Gasteiger partial charge is 0.497 e. The smallest absolute Gasteiger partial charge is 0.310 e. The van der Waals surface area contributed by atoms with Crippen LogP contribution in [0.1, 0.15) is 17.9 Å². The highest BCUT2D eigenvalue weighted by atomic mass is 127. The van der Waals surface area contributed by atoms with E-state index < -0.39 is 0 Å². The third-order valence-corrected chi connectivity index (χ3v) is 6.66. The maximum atomic E-state index is 12.1. The lowest BCUT2D eigenvalue weighted by Gasteiger charge is -2.28. The molecular weight excluding hydrogens is 355 g/mol. The fourth-order valence-electron chi connectivity index (χ4n) is 4.25. The molecule has 0 aromatic heterocycles. The van der Waals surface area contributed by atoms with Gasteiger partial charge in [0.2, 0.25) is 0 Å². The number of fused-ring (bicyclic) bond motifs is 1. The summed E-state index contributed by atoms with van der Waals surface area (Å²) in [5.41, 5.74) is 1.26. The lowest BCUT2D eigenvalue weighted by Crippen LogP contribution is -2.32. The fourth-order valence-corrected chi connectivity index (χ4v) is 5.67. The Kier molecular flexibility index (Phi) is 2.59. The highest BCUT2D eigenvalue weighted by Gasteiger charge is 2.66. The number of carbonyl (C=O) groups excluding carboxylic acids is 1. The molecule has 3 nitrogen and oxygen atoms in total. The Morgan fingerprint density at radius 2 is 1.95 bits per heavy atom. The Morgan fingerprint density at radius 1 is 1.21 bits per heavy atom. The van der Waals surface area contributed by atoms with E-state index in [4.69, 9.17) is 9.47 Å². The van der Waals surface area contributed by atoms with Gasteiger partial charge in [0, 0.05) is 11.8 Å². The van der Waals surface area contributed by atoms with Crippen molar-refractivity contribution in [2.45, 2.75) is 22.4 Å². The van der Waals surface area contributed by atoms with Gasteiger partial charge in [0.25, 0.3) is 0 Å². The number of ether oxygens (including phenoxy) is 2. The van der Waals surface area contributed by atoms with Crippen LogP contribution in [0.4, 0.5) is 0 Å². The summed E-state index contributed by atoms with van der Waals surface area (Å²) < 4.78 is 11.3. The van der Waals surface area contributed by atoms with Gasteiger partial charge in [-0.15, -0.1) is 0 Å². The molecule has 1 aliphatic heterocycles. The first kappa shape index (κ1) is 12.0. The molecular formula is C15H15IO3. The summed E-state index contributed by atoms with van der Waals surface area (Å²) in [6, 6.07) is 8.19. The predicted octanol–water partition coefficient (Wildman–Crippen LogP) is 2.77. The average molecular weight is 370 g/mol. The number of halogens is 1. The van der Waals surface area contributed by atoms with Crippen molar-refractivity contribution in [1.29, 1.82) is 0 Å². The minimum absolute atomic E-state index is 0.0254. The molecule has 2 bridgehead atoms. The van der Waals surface area contributed by atoms with Gasteiger partial charge in [-0.2, -0.15) is 0 Å². The Labute approximate surface area is 125 Å². The van der Waals surface area contributed by atoms with Crippen molar-refractivity contribution in [2.24, 2.45) is 17.8 Å². The summed E-state index contributed by atoms with van der Waals surface area (Å²) in [5.74, 6) is 2.35. The zero-order valence-electron chi connectivity index (χ0n) is 10.6. The zero-order valence-corrected chi connectivity index (χ0v) is 12.7. The molecule has 0 spiro atoms. The third-order valence-electron chi connectivity index (χ3n) is 5.02. The first-order valence-corrected chi connectivity index (χ1v) is 7.94. The van der Waals surface area contributed by atoms with Crippen molar-refractivity contribution >= 4 is 28.6 Å². The number of rotatable bonds is 2. The molecule has 3 aliphatic rings. The number of carbonyl (C=O) groups is 1. The monoisotopic (exact) mass is 370 g/mol. The van der Waals surface area contributed by atoms with Crippen LogP contribution >= 0.6 is 22.6 Å². The summed E-state index contributed by atoms with van der Waals surface area (Å²) >= 11 is 2.48. The fraction of sp³-hybridized carbons (Fsp3) is 0.533. The number of alkyl halides is 1. The molecule has 1 aromatic rings. The number of benzene rings is 1. The van der Waals surface area contributed by atoms with Gasteiger partial charge in [-0.25, -0.2) is 0 Å². The quantitative estimate of drug-likeness (QED) is 0.456. The van der Waals surface area contributed by atoms with Gasteiger partial charge < -0.3 is 9.47 Å². The normalized spacial score (nSPS) is 42.5. The molecule has 2 aliphatic carbocycles. The van der Waals surface area contributed by atoms with Gasteiger partial charge in [-0.3, -0.25) is 4.79 Å². The minimum atomic E-state index is 0.0254. The van der Waals surface area contributed by atoms with Crippen LogP contribution in [-0.2, 0) is 9.53 Å². The first-order valence-electron chi connectivity index (χ1n) is 6.69. The van der Waals surface area contributed by atoms with E-state index in [2.05, 4.69) is 34.7 Å². The molecule has 0 unspecified atom stereocenters. The van der Waals surface area contributed by atoms with E-state index in [1.165, 1.54) is 5.56 Å². The van der Waals surface area contributed by atoms with Crippen molar-refractivity contribution in [3.63, 3.8) is 0 Å². The molecule has 100 valence electrons. The second kappa shape index (κ2) is 4.11. The maximum absolute atomic E-state index is 12.1. The second-order valence-electron chi connectivity index (χ2n) is 5.73. The molecule has 1 heterocycles. The molecule has 0 N–H and O–H groups in total. The molecule has 3 fully saturated rings.